The third-order valence-corrected chi connectivity index (χ3v) is 5.92. The number of anilines is 1. The molecule has 10 heteroatoms. The zero-order valence-electron chi connectivity index (χ0n) is 22.4. The van der Waals surface area contributed by atoms with E-state index in [1.54, 1.807) is 55.5 Å². The van der Waals surface area contributed by atoms with Gasteiger partial charge in [-0.05, 0) is 60.9 Å². The summed E-state index contributed by atoms with van der Waals surface area (Å²) in [7, 11) is 0. The maximum Gasteiger partial charge on any atom is 0.333 e. The van der Waals surface area contributed by atoms with Crippen LogP contribution in [0.1, 0.15) is 24.5 Å². The average Bonchev–Trinajstić information content (AvgIpc) is 2.94. The number of carboxylic acids is 1. The quantitative estimate of drug-likeness (QED) is 0.226. The number of carbonyl (C=O) groups excluding carboxylic acids is 1. The van der Waals surface area contributed by atoms with Crippen LogP contribution in [-0.4, -0.2) is 61.0 Å². The third kappa shape index (κ3) is 10.3. The van der Waals surface area contributed by atoms with E-state index in [0.717, 1.165) is 11.1 Å². The lowest BCUT2D eigenvalue weighted by atomic mass is 10.1. The minimum absolute atomic E-state index is 0.0771. The molecular weight excluding hydrogens is 522 g/mol. The Morgan fingerprint density at radius 3 is 2.30 bits per heavy atom. The lowest BCUT2D eigenvalue weighted by Crippen LogP contribution is -2.39. The van der Waals surface area contributed by atoms with E-state index in [1.807, 2.05) is 0 Å². The molecule has 2 amide bonds. The number of carbonyl (C=O) groups is 2. The topological polar surface area (TPSA) is 97.3 Å². The minimum atomic E-state index is -1.02. The molecule has 3 aromatic carbocycles. The van der Waals surface area contributed by atoms with Gasteiger partial charge >= 0.3 is 12.0 Å². The van der Waals surface area contributed by atoms with Gasteiger partial charge in [-0.1, -0.05) is 36.4 Å². The molecule has 0 spiro atoms. The van der Waals surface area contributed by atoms with Crippen molar-refractivity contribution >= 4 is 17.7 Å². The summed E-state index contributed by atoms with van der Waals surface area (Å²) in [6, 6.07) is 18.5. The van der Waals surface area contributed by atoms with Crippen molar-refractivity contribution in [2.24, 2.45) is 0 Å². The van der Waals surface area contributed by atoms with Gasteiger partial charge in [-0.3, -0.25) is 0 Å². The highest BCUT2D eigenvalue weighted by Gasteiger charge is 2.18. The maximum absolute atomic E-state index is 14.1. The van der Waals surface area contributed by atoms with Crippen LogP contribution in [0.25, 0.3) is 0 Å². The fourth-order valence-corrected chi connectivity index (χ4v) is 3.83. The molecule has 2 N–H and O–H groups in total. The number of hydrogen-bond acceptors (Lipinski definition) is 5. The molecule has 0 aliphatic rings. The Kier molecular flexibility index (Phi) is 12.3. The Morgan fingerprint density at radius 1 is 0.925 bits per heavy atom. The van der Waals surface area contributed by atoms with Gasteiger partial charge < -0.3 is 29.5 Å². The van der Waals surface area contributed by atoms with Gasteiger partial charge in [-0.25, -0.2) is 18.4 Å². The first-order valence-corrected chi connectivity index (χ1v) is 13.0. The fourth-order valence-electron chi connectivity index (χ4n) is 3.83. The lowest BCUT2D eigenvalue weighted by Gasteiger charge is -2.23. The van der Waals surface area contributed by atoms with Crippen molar-refractivity contribution in [3.05, 3.63) is 95.6 Å². The van der Waals surface area contributed by atoms with Crippen molar-refractivity contribution in [1.29, 1.82) is 0 Å². The highest BCUT2D eigenvalue weighted by Crippen LogP contribution is 2.16. The molecule has 3 rings (SSSR count). The van der Waals surface area contributed by atoms with Crippen molar-refractivity contribution in [1.82, 2.24) is 4.90 Å². The van der Waals surface area contributed by atoms with Gasteiger partial charge in [0.25, 0.3) is 0 Å². The van der Waals surface area contributed by atoms with E-state index in [-0.39, 0.29) is 31.1 Å². The fraction of sp³-hybridized carbons (Fsp3) is 0.333. The molecule has 0 aliphatic carbocycles. The summed E-state index contributed by atoms with van der Waals surface area (Å²) in [6.45, 7) is 3.47. The maximum atomic E-state index is 14.1. The van der Waals surface area contributed by atoms with E-state index in [1.165, 1.54) is 29.2 Å². The second kappa shape index (κ2) is 16.2. The first-order chi connectivity index (χ1) is 19.4. The zero-order chi connectivity index (χ0) is 28.7. The molecule has 0 saturated carbocycles. The number of nitrogens with one attached hydrogen (secondary N) is 1. The van der Waals surface area contributed by atoms with Gasteiger partial charge in [-0.2, -0.15) is 0 Å². The van der Waals surface area contributed by atoms with Gasteiger partial charge in [0.15, 0.2) is 6.10 Å². The molecule has 0 aromatic heterocycles. The third-order valence-electron chi connectivity index (χ3n) is 5.92. The second-order valence-corrected chi connectivity index (χ2v) is 8.91. The molecule has 3 aromatic rings. The molecular formula is C30H34F2N2O6. The largest absolute Gasteiger partial charge is 0.492 e. The predicted molar refractivity (Wildman–Crippen MR) is 146 cm³/mol. The zero-order valence-corrected chi connectivity index (χ0v) is 22.4. The van der Waals surface area contributed by atoms with Crippen LogP contribution < -0.4 is 10.1 Å². The molecule has 0 saturated heterocycles. The molecule has 40 heavy (non-hydrogen) atoms. The predicted octanol–water partition coefficient (Wildman–Crippen LogP) is 5.52. The smallest absolute Gasteiger partial charge is 0.333 e. The summed E-state index contributed by atoms with van der Waals surface area (Å²) in [5.74, 6) is -1.31. The average molecular weight is 557 g/mol. The Balaban J connectivity index is 1.52. The molecule has 0 radical (unpaired) electrons. The van der Waals surface area contributed by atoms with Crippen molar-refractivity contribution < 1.29 is 37.7 Å². The van der Waals surface area contributed by atoms with Crippen molar-refractivity contribution in [3.8, 4) is 5.75 Å². The van der Waals surface area contributed by atoms with E-state index >= 15 is 0 Å². The Morgan fingerprint density at radius 2 is 1.62 bits per heavy atom. The second-order valence-electron chi connectivity index (χ2n) is 8.91. The summed E-state index contributed by atoms with van der Waals surface area (Å²) in [6.07, 6.45) is -0.167. The number of urea groups is 1. The first kappa shape index (κ1) is 30.5. The number of carboxylic acid groups (broad SMARTS) is 1. The number of ether oxygens (including phenoxy) is 3. The molecule has 8 nitrogen and oxygen atoms in total. The SMILES string of the molecule is CCOC(Cc1ccc(OCCN(CCCOCc2ccc(F)cc2)C(=O)Nc2ccccc2F)cc1)C(=O)O. The van der Waals surface area contributed by atoms with Crippen molar-refractivity contribution in [2.75, 3.05) is 38.2 Å². The van der Waals surface area contributed by atoms with Gasteiger partial charge in [-0.15, -0.1) is 0 Å². The molecule has 0 fully saturated rings. The normalized spacial score (nSPS) is 11.6. The number of halogens is 2. The molecule has 0 bridgehead atoms. The lowest BCUT2D eigenvalue weighted by molar-refractivity contribution is -0.149. The minimum Gasteiger partial charge on any atom is -0.492 e. The van der Waals surface area contributed by atoms with E-state index in [2.05, 4.69) is 5.32 Å². The molecule has 1 unspecified atom stereocenters. The Labute approximate surface area is 232 Å². The van der Waals surface area contributed by atoms with Crippen LogP contribution in [-0.2, 0) is 27.3 Å². The molecule has 1 atom stereocenters. The van der Waals surface area contributed by atoms with Crippen LogP contribution in [0.4, 0.5) is 19.3 Å². The van der Waals surface area contributed by atoms with Crippen LogP contribution in [0.2, 0.25) is 0 Å². The number of aliphatic carboxylic acids is 1. The van der Waals surface area contributed by atoms with Crippen LogP contribution in [0.5, 0.6) is 5.75 Å². The van der Waals surface area contributed by atoms with Crippen LogP contribution in [0.15, 0.2) is 72.8 Å². The van der Waals surface area contributed by atoms with Gasteiger partial charge in [0.1, 0.15) is 24.0 Å². The highest BCUT2D eigenvalue weighted by atomic mass is 19.1. The summed E-state index contributed by atoms with van der Waals surface area (Å²) >= 11 is 0. The van der Waals surface area contributed by atoms with Crippen LogP contribution >= 0.6 is 0 Å². The van der Waals surface area contributed by atoms with Crippen LogP contribution in [0.3, 0.4) is 0 Å². The highest BCUT2D eigenvalue weighted by molar-refractivity contribution is 5.89. The summed E-state index contributed by atoms with van der Waals surface area (Å²) in [5, 5.41) is 11.9. The van der Waals surface area contributed by atoms with Gasteiger partial charge in [0.05, 0.1) is 18.8 Å². The number of nitrogens with zero attached hydrogens (tertiary/aromatic N) is 1. The van der Waals surface area contributed by atoms with Crippen molar-refractivity contribution in [3.63, 3.8) is 0 Å². The van der Waals surface area contributed by atoms with E-state index < -0.39 is 23.9 Å². The summed E-state index contributed by atoms with van der Waals surface area (Å²) in [5.41, 5.74) is 1.71. The van der Waals surface area contributed by atoms with Crippen molar-refractivity contribution in [2.45, 2.75) is 32.5 Å². The number of para-hydroxylation sites is 1. The standard InChI is InChI=1S/C30H34F2N2O6/c1-2-39-28(29(35)36)20-22-10-14-25(15-11-22)40-19-17-34(30(37)33-27-7-4-3-6-26(27)32)16-5-18-38-21-23-8-12-24(31)13-9-23/h3-4,6-15,28H,2,5,16-21H2,1H3,(H,33,37)(H,35,36). The summed E-state index contributed by atoms with van der Waals surface area (Å²) in [4.78, 5) is 25.8. The Bertz CT molecular complexity index is 1210. The van der Waals surface area contributed by atoms with E-state index in [9.17, 15) is 23.5 Å². The molecule has 0 aliphatic heterocycles. The summed E-state index contributed by atoms with van der Waals surface area (Å²) < 4.78 is 43.9. The first-order valence-electron chi connectivity index (χ1n) is 13.0. The number of amides is 2. The monoisotopic (exact) mass is 556 g/mol. The Hall–Kier alpha value is -4.02. The number of benzene rings is 3. The van der Waals surface area contributed by atoms with E-state index in [0.29, 0.717) is 38.5 Å². The number of rotatable bonds is 16. The van der Waals surface area contributed by atoms with Crippen LogP contribution in [0, 0.1) is 11.6 Å². The molecule has 214 valence electrons. The van der Waals surface area contributed by atoms with E-state index in [4.69, 9.17) is 14.2 Å². The van der Waals surface area contributed by atoms with Gasteiger partial charge in [0.2, 0.25) is 0 Å². The van der Waals surface area contributed by atoms with Gasteiger partial charge in [0, 0.05) is 26.2 Å². The number of hydrogen-bond donors (Lipinski definition) is 2. The molecule has 0 heterocycles.